The highest BCUT2D eigenvalue weighted by atomic mass is 15.0. The van der Waals surface area contributed by atoms with Gasteiger partial charge in [-0.15, -0.1) is 0 Å². The normalized spacial score (nSPS) is 12.0. The van der Waals surface area contributed by atoms with Crippen molar-refractivity contribution in [1.29, 1.82) is 0 Å². The van der Waals surface area contributed by atoms with E-state index < -0.39 is 0 Å². The fourth-order valence-corrected chi connectivity index (χ4v) is 10.3. The van der Waals surface area contributed by atoms with Gasteiger partial charge in [0.05, 0.1) is 33.4 Å². The Hall–Kier alpha value is -7.94. The van der Waals surface area contributed by atoms with Crippen molar-refractivity contribution in [3.8, 4) is 33.6 Å². The Bertz CT molecular complexity index is 3580. The first kappa shape index (κ1) is 33.1. The van der Waals surface area contributed by atoms with Crippen LogP contribution >= 0.6 is 0 Å². The standard InChI is InChI=1S/C58H36N2/c1-3-19-41-37(15-1)17-13-29-51(41)59-53-27-11-9-21-43(53)49-35-39(31-33-55(49)59)57-45-23-5-7-25-47(45)58(48-26-8-6-24-46(48)57)40-32-34-56-50(36-40)44-22-10-12-28-54(44)60(56)52-30-14-18-38-16-2-4-20-42(38)52/h1-36H. The predicted octanol–water partition coefficient (Wildman–Crippen LogP) is 15.8. The van der Waals surface area contributed by atoms with Gasteiger partial charge in [0.1, 0.15) is 0 Å². The summed E-state index contributed by atoms with van der Waals surface area (Å²) in [6.07, 6.45) is 0. The van der Waals surface area contributed by atoms with Gasteiger partial charge >= 0.3 is 0 Å². The minimum absolute atomic E-state index is 1.20. The molecule has 278 valence electrons. The molecule has 0 aliphatic heterocycles. The number of aromatic nitrogens is 2. The molecule has 11 aromatic carbocycles. The number of benzene rings is 11. The van der Waals surface area contributed by atoms with Crippen LogP contribution in [-0.4, -0.2) is 9.13 Å². The third kappa shape index (κ3) is 4.70. The maximum Gasteiger partial charge on any atom is 0.0541 e. The van der Waals surface area contributed by atoms with Crippen LogP contribution in [0.2, 0.25) is 0 Å². The smallest absolute Gasteiger partial charge is 0.0541 e. The van der Waals surface area contributed by atoms with Crippen LogP contribution in [0.5, 0.6) is 0 Å². The second kappa shape index (κ2) is 12.8. The molecule has 0 bridgehead atoms. The van der Waals surface area contributed by atoms with E-state index in [9.17, 15) is 0 Å². The quantitative estimate of drug-likeness (QED) is 0.158. The molecule has 13 rings (SSSR count). The molecule has 0 spiro atoms. The summed E-state index contributed by atoms with van der Waals surface area (Å²) in [6, 6.07) is 80.6. The fourth-order valence-electron chi connectivity index (χ4n) is 10.3. The number of para-hydroxylation sites is 2. The number of nitrogens with zero attached hydrogens (tertiary/aromatic N) is 2. The highest BCUT2D eigenvalue weighted by Crippen LogP contribution is 2.46. The van der Waals surface area contributed by atoms with Crippen LogP contribution in [-0.2, 0) is 0 Å². The second-order valence-electron chi connectivity index (χ2n) is 16.0. The Balaban J connectivity index is 1.05. The van der Waals surface area contributed by atoms with Crippen LogP contribution in [0.25, 0.3) is 120 Å². The van der Waals surface area contributed by atoms with Crippen molar-refractivity contribution in [2.45, 2.75) is 0 Å². The Labute approximate surface area is 346 Å². The molecule has 2 nitrogen and oxygen atoms in total. The molecule has 60 heavy (non-hydrogen) atoms. The molecule has 13 aromatic rings. The maximum absolute atomic E-state index is 2.45. The van der Waals surface area contributed by atoms with Crippen LogP contribution < -0.4 is 0 Å². The van der Waals surface area contributed by atoms with Crippen molar-refractivity contribution in [2.24, 2.45) is 0 Å². The first-order valence-corrected chi connectivity index (χ1v) is 20.8. The van der Waals surface area contributed by atoms with Crippen LogP contribution in [0.15, 0.2) is 218 Å². The van der Waals surface area contributed by atoms with E-state index in [4.69, 9.17) is 0 Å². The molecule has 0 aliphatic carbocycles. The molecule has 0 saturated heterocycles. The molecule has 0 aliphatic rings. The summed E-state index contributed by atoms with van der Waals surface area (Å²) in [5.41, 5.74) is 12.2. The highest BCUT2D eigenvalue weighted by molar-refractivity contribution is 6.23. The third-order valence-electron chi connectivity index (χ3n) is 12.9. The molecule has 0 fully saturated rings. The third-order valence-corrected chi connectivity index (χ3v) is 12.9. The summed E-state index contributed by atoms with van der Waals surface area (Å²) in [6.45, 7) is 0. The van der Waals surface area contributed by atoms with Crippen molar-refractivity contribution in [2.75, 3.05) is 0 Å². The van der Waals surface area contributed by atoms with Crippen LogP contribution in [0, 0.1) is 0 Å². The molecular formula is C58H36N2. The molecule has 0 unspecified atom stereocenters. The van der Waals surface area contributed by atoms with Crippen LogP contribution in [0.4, 0.5) is 0 Å². The summed E-state index contributed by atoms with van der Waals surface area (Å²) in [5.74, 6) is 0. The lowest BCUT2D eigenvalue weighted by molar-refractivity contribution is 1.20. The largest absolute Gasteiger partial charge is 0.309 e. The molecule has 2 heterocycles. The average Bonchev–Trinajstić information content (AvgIpc) is 3.82. The van der Waals surface area contributed by atoms with Gasteiger partial charge in [-0.05, 0) is 103 Å². The summed E-state index contributed by atoms with van der Waals surface area (Å²) < 4.78 is 4.90. The minimum atomic E-state index is 1.20. The SMILES string of the molecule is c1ccc2c(-n3c4ccccc4c4cc(-c5c6ccccc6c(-c6ccc7c(c6)c6ccccc6n7-c6cccc7ccccc67)c6ccccc56)ccc43)cccc2c1. The van der Waals surface area contributed by atoms with Gasteiger partial charge in [0.2, 0.25) is 0 Å². The van der Waals surface area contributed by atoms with Gasteiger partial charge in [-0.2, -0.15) is 0 Å². The van der Waals surface area contributed by atoms with Gasteiger partial charge in [0.25, 0.3) is 0 Å². The maximum atomic E-state index is 2.45. The van der Waals surface area contributed by atoms with Crippen molar-refractivity contribution in [1.82, 2.24) is 9.13 Å². The van der Waals surface area contributed by atoms with Crippen LogP contribution in [0.3, 0.4) is 0 Å². The van der Waals surface area contributed by atoms with Crippen LogP contribution in [0.1, 0.15) is 0 Å². The van der Waals surface area contributed by atoms with Gasteiger partial charge in [0.15, 0.2) is 0 Å². The van der Waals surface area contributed by atoms with E-state index in [2.05, 4.69) is 228 Å². The molecular weight excluding hydrogens is 725 g/mol. The molecule has 0 saturated carbocycles. The topological polar surface area (TPSA) is 9.86 Å². The van der Waals surface area contributed by atoms with Gasteiger partial charge in [-0.3, -0.25) is 0 Å². The monoisotopic (exact) mass is 760 g/mol. The number of fused-ring (bicyclic) bond motifs is 10. The molecule has 2 heteroatoms. The van der Waals surface area contributed by atoms with E-state index in [0.29, 0.717) is 0 Å². The lowest BCUT2D eigenvalue weighted by Crippen LogP contribution is -1.95. The van der Waals surface area contributed by atoms with E-state index >= 15 is 0 Å². The van der Waals surface area contributed by atoms with Gasteiger partial charge < -0.3 is 9.13 Å². The number of rotatable bonds is 4. The summed E-state index contributed by atoms with van der Waals surface area (Å²) in [7, 11) is 0. The fraction of sp³-hybridized carbons (Fsp3) is 0. The molecule has 0 radical (unpaired) electrons. The highest BCUT2D eigenvalue weighted by Gasteiger charge is 2.21. The lowest BCUT2D eigenvalue weighted by atomic mass is 9.85. The Kier molecular flexibility index (Phi) is 7.05. The predicted molar refractivity (Wildman–Crippen MR) is 256 cm³/mol. The van der Waals surface area contributed by atoms with Crippen molar-refractivity contribution < 1.29 is 0 Å². The zero-order valence-corrected chi connectivity index (χ0v) is 32.7. The Morgan fingerprint density at radius 3 is 0.950 bits per heavy atom. The van der Waals surface area contributed by atoms with E-state index in [1.807, 2.05) is 0 Å². The van der Waals surface area contributed by atoms with Gasteiger partial charge in [-0.25, -0.2) is 0 Å². The van der Waals surface area contributed by atoms with Gasteiger partial charge in [-0.1, -0.05) is 170 Å². The molecule has 0 atom stereocenters. The lowest BCUT2D eigenvalue weighted by Gasteiger charge is -2.18. The number of hydrogen-bond donors (Lipinski definition) is 0. The summed E-state index contributed by atoms with van der Waals surface area (Å²) in [4.78, 5) is 0. The van der Waals surface area contributed by atoms with Crippen molar-refractivity contribution >= 4 is 86.7 Å². The minimum Gasteiger partial charge on any atom is -0.309 e. The Morgan fingerprint density at radius 1 is 0.217 bits per heavy atom. The van der Waals surface area contributed by atoms with Crippen molar-refractivity contribution in [3.63, 3.8) is 0 Å². The first-order valence-electron chi connectivity index (χ1n) is 20.8. The van der Waals surface area contributed by atoms with E-state index in [-0.39, 0.29) is 0 Å². The zero-order valence-electron chi connectivity index (χ0n) is 32.7. The molecule has 2 aromatic heterocycles. The second-order valence-corrected chi connectivity index (χ2v) is 16.0. The van der Waals surface area contributed by atoms with E-state index in [1.165, 1.54) is 120 Å². The average molecular weight is 761 g/mol. The first-order chi connectivity index (χ1) is 29.8. The number of hydrogen-bond acceptors (Lipinski definition) is 0. The van der Waals surface area contributed by atoms with E-state index in [0.717, 1.165) is 0 Å². The van der Waals surface area contributed by atoms with Crippen molar-refractivity contribution in [3.05, 3.63) is 218 Å². The Morgan fingerprint density at radius 2 is 0.533 bits per heavy atom. The zero-order chi connectivity index (χ0) is 39.3. The summed E-state index contributed by atoms with van der Waals surface area (Å²) in [5, 5.41) is 15.0. The van der Waals surface area contributed by atoms with E-state index in [1.54, 1.807) is 0 Å². The van der Waals surface area contributed by atoms with Gasteiger partial charge in [0, 0.05) is 32.3 Å². The summed E-state index contributed by atoms with van der Waals surface area (Å²) >= 11 is 0. The molecule has 0 amide bonds. The molecule has 0 N–H and O–H groups in total.